The van der Waals surface area contributed by atoms with Crippen LogP contribution in [0.15, 0.2) is 24.3 Å². The smallest absolute Gasteiger partial charge is 0.119 e. The minimum Gasteiger partial charge on any atom is -0.497 e. The summed E-state index contributed by atoms with van der Waals surface area (Å²) in [5.74, 6) is 1.66. The molecule has 4 heteroatoms. The summed E-state index contributed by atoms with van der Waals surface area (Å²) in [5, 5.41) is 13.1. The molecule has 0 aliphatic heterocycles. The van der Waals surface area contributed by atoms with E-state index in [0.29, 0.717) is 13.2 Å². The van der Waals surface area contributed by atoms with Crippen LogP contribution in [0.2, 0.25) is 0 Å². The van der Waals surface area contributed by atoms with E-state index in [2.05, 4.69) is 5.32 Å². The van der Waals surface area contributed by atoms with Gasteiger partial charge in [0, 0.05) is 13.1 Å². The number of nitrogens with one attached hydrogen (secondary N) is 1. The zero-order valence-electron chi connectivity index (χ0n) is 10.8. The van der Waals surface area contributed by atoms with Gasteiger partial charge >= 0.3 is 0 Å². The lowest BCUT2D eigenvalue weighted by molar-refractivity contribution is -0.0314. The summed E-state index contributed by atoms with van der Waals surface area (Å²) in [7, 11) is 1.64. The number of rotatable bonds is 7. The lowest BCUT2D eigenvalue weighted by atomic mass is 9.80. The average Bonchev–Trinajstić information content (AvgIpc) is 2.37. The second-order valence-electron chi connectivity index (χ2n) is 4.78. The molecular formula is C14H21NO3. The molecule has 1 aliphatic rings. The highest BCUT2D eigenvalue weighted by Gasteiger charge is 2.33. The Balaban J connectivity index is 1.59. The fourth-order valence-corrected chi connectivity index (χ4v) is 2.00. The van der Waals surface area contributed by atoms with Gasteiger partial charge in [-0.25, -0.2) is 0 Å². The van der Waals surface area contributed by atoms with Gasteiger partial charge in [0.1, 0.15) is 18.1 Å². The van der Waals surface area contributed by atoms with E-state index in [4.69, 9.17) is 9.47 Å². The Hall–Kier alpha value is -1.26. The van der Waals surface area contributed by atoms with Gasteiger partial charge in [0.05, 0.1) is 12.7 Å². The topological polar surface area (TPSA) is 50.7 Å². The second-order valence-corrected chi connectivity index (χ2v) is 4.78. The molecule has 0 heterocycles. The molecule has 0 unspecified atom stereocenters. The summed E-state index contributed by atoms with van der Waals surface area (Å²) in [6, 6.07) is 7.52. The summed E-state index contributed by atoms with van der Waals surface area (Å²) in [4.78, 5) is 0. The molecule has 1 aliphatic carbocycles. The van der Waals surface area contributed by atoms with Crippen LogP contribution in [-0.4, -0.2) is 37.5 Å². The van der Waals surface area contributed by atoms with Gasteiger partial charge in [-0.2, -0.15) is 0 Å². The molecule has 0 aromatic heterocycles. The Morgan fingerprint density at radius 1 is 1.22 bits per heavy atom. The quantitative estimate of drug-likeness (QED) is 0.722. The summed E-state index contributed by atoms with van der Waals surface area (Å²) in [6.07, 6.45) is 2.97. The van der Waals surface area contributed by atoms with Crippen LogP contribution in [0.1, 0.15) is 19.3 Å². The zero-order chi connectivity index (χ0) is 12.8. The predicted octanol–water partition coefficient (Wildman–Crippen LogP) is 1.58. The Kier molecular flexibility index (Phi) is 4.44. The molecule has 0 bridgehead atoms. The van der Waals surface area contributed by atoms with Gasteiger partial charge in [0.15, 0.2) is 0 Å². The van der Waals surface area contributed by atoms with E-state index in [1.807, 2.05) is 24.3 Å². The van der Waals surface area contributed by atoms with Crippen LogP contribution in [0.25, 0.3) is 0 Å². The van der Waals surface area contributed by atoms with E-state index >= 15 is 0 Å². The van der Waals surface area contributed by atoms with Crippen LogP contribution >= 0.6 is 0 Å². The van der Waals surface area contributed by atoms with Crippen molar-refractivity contribution in [3.63, 3.8) is 0 Å². The first-order valence-electron chi connectivity index (χ1n) is 6.42. The largest absolute Gasteiger partial charge is 0.497 e. The molecule has 0 spiro atoms. The van der Waals surface area contributed by atoms with E-state index in [-0.39, 0.29) is 0 Å². The molecule has 1 aromatic rings. The first-order valence-corrected chi connectivity index (χ1v) is 6.42. The molecule has 1 fully saturated rings. The maximum atomic E-state index is 9.87. The lowest BCUT2D eigenvalue weighted by Crippen LogP contribution is -2.46. The van der Waals surface area contributed by atoms with Gasteiger partial charge in [-0.05, 0) is 43.5 Å². The van der Waals surface area contributed by atoms with Crippen LogP contribution in [0, 0.1) is 0 Å². The monoisotopic (exact) mass is 251 g/mol. The zero-order valence-corrected chi connectivity index (χ0v) is 10.8. The highest BCUT2D eigenvalue weighted by Crippen LogP contribution is 2.30. The summed E-state index contributed by atoms with van der Waals surface area (Å²) in [6.45, 7) is 2.01. The van der Waals surface area contributed by atoms with Crippen molar-refractivity contribution in [3.8, 4) is 11.5 Å². The van der Waals surface area contributed by atoms with Crippen molar-refractivity contribution in [2.75, 3.05) is 26.8 Å². The van der Waals surface area contributed by atoms with Crippen molar-refractivity contribution < 1.29 is 14.6 Å². The summed E-state index contributed by atoms with van der Waals surface area (Å²) in [5.41, 5.74) is -0.458. The normalized spacial score (nSPS) is 17.0. The van der Waals surface area contributed by atoms with Crippen LogP contribution in [0.4, 0.5) is 0 Å². The van der Waals surface area contributed by atoms with E-state index < -0.39 is 5.60 Å². The Morgan fingerprint density at radius 3 is 2.44 bits per heavy atom. The van der Waals surface area contributed by atoms with E-state index in [1.54, 1.807) is 7.11 Å². The molecule has 2 rings (SSSR count). The van der Waals surface area contributed by atoms with E-state index in [1.165, 1.54) is 0 Å². The third-order valence-corrected chi connectivity index (χ3v) is 3.35. The molecule has 1 aromatic carbocycles. The first-order chi connectivity index (χ1) is 8.72. The van der Waals surface area contributed by atoms with Crippen molar-refractivity contribution in [2.45, 2.75) is 24.9 Å². The molecule has 0 radical (unpaired) electrons. The van der Waals surface area contributed by atoms with Gasteiger partial charge < -0.3 is 19.9 Å². The third-order valence-electron chi connectivity index (χ3n) is 3.35. The van der Waals surface area contributed by atoms with E-state index in [9.17, 15) is 5.11 Å². The fraction of sp³-hybridized carbons (Fsp3) is 0.571. The highest BCUT2D eigenvalue weighted by molar-refractivity contribution is 5.31. The molecule has 18 heavy (non-hydrogen) atoms. The molecule has 0 amide bonds. The van der Waals surface area contributed by atoms with Crippen molar-refractivity contribution in [1.29, 1.82) is 0 Å². The molecule has 100 valence electrons. The van der Waals surface area contributed by atoms with Crippen LogP contribution in [0.3, 0.4) is 0 Å². The maximum Gasteiger partial charge on any atom is 0.119 e. The molecule has 2 N–H and O–H groups in total. The van der Waals surface area contributed by atoms with Gasteiger partial charge in [-0.15, -0.1) is 0 Å². The minimum atomic E-state index is -0.458. The summed E-state index contributed by atoms with van der Waals surface area (Å²) >= 11 is 0. The molecule has 1 saturated carbocycles. The second kappa shape index (κ2) is 6.07. The van der Waals surface area contributed by atoms with E-state index in [0.717, 1.165) is 37.3 Å². The molecular weight excluding hydrogens is 230 g/mol. The van der Waals surface area contributed by atoms with Crippen molar-refractivity contribution in [1.82, 2.24) is 5.32 Å². The Labute approximate surface area is 108 Å². The van der Waals surface area contributed by atoms with Crippen LogP contribution in [-0.2, 0) is 0 Å². The maximum absolute atomic E-state index is 9.87. The lowest BCUT2D eigenvalue weighted by Gasteiger charge is -2.36. The Morgan fingerprint density at radius 2 is 1.89 bits per heavy atom. The fourth-order valence-electron chi connectivity index (χ4n) is 2.00. The molecule has 0 saturated heterocycles. The van der Waals surface area contributed by atoms with Gasteiger partial charge in [-0.1, -0.05) is 0 Å². The minimum absolute atomic E-state index is 0.458. The number of hydrogen-bond acceptors (Lipinski definition) is 4. The number of benzene rings is 1. The standard InChI is InChI=1S/C14H21NO3/c1-17-12-3-5-13(6-4-12)18-10-9-15-11-14(16)7-2-8-14/h3-6,15-16H,2,7-11H2,1H3. The number of ether oxygens (including phenoxy) is 2. The molecule has 0 atom stereocenters. The van der Waals surface area contributed by atoms with Gasteiger partial charge in [0.2, 0.25) is 0 Å². The SMILES string of the molecule is COc1ccc(OCCNCC2(O)CCC2)cc1. The predicted molar refractivity (Wildman–Crippen MR) is 70.2 cm³/mol. The van der Waals surface area contributed by atoms with Crippen LogP contribution < -0.4 is 14.8 Å². The van der Waals surface area contributed by atoms with Crippen LogP contribution in [0.5, 0.6) is 11.5 Å². The van der Waals surface area contributed by atoms with Gasteiger partial charge in [-0.3, -0.25) is 0 Å². The average molecular weight is 251 g/mol. The summed E-state index contributed by atoms with van der Waals surface area (Å²) < 4.78 is 10.6. The highest BCUT2D eigenvalue weighted by atomic mass is 16.5. The number of aliphatic hydroxyl groups is 1. The third kappa shape index (κ3) is 3.62. The van der Waals surface area contributed by atoms with Crippen molar-refractivity contribution >= 4 is 0 Å². The molecule has 4 nitrogen and oxygen atoms in total. The van der Waals surface area contributed by atoms with Gasteiger partial charge in [0.25, 0.3) is 0 Å². The number of hydrogen-bond donors (Lipinski definition) is 2. The Bertz CT molecular complexity index is 360. The van der Waals surface area contributed by atoms with Crippen molar-refractivity contribution in [3.05, 3.63) is 24.3 Å². The first kappa shape index (κ1) is 13.2. The number of methoxy groups -OCH3 is 1. The van der Waals surface area contributed by atoms with Crippen molar-refractivity contribution in [2.24, 2.45) is 0 Å².